The number of aromatic amines is 1. The number of nitrogens with one attached hydrogen (secondary N) is 2. The number of nitrogens with two attached hydrogens (primary N) is 1. The van der Waals surface area contributed by atoms with Gasteiger partial charge in [-0.1, -0.05) is 47.6 Å². The van der Waals surface area contributed by atoms with E-state index < -0.39 is 59.5 Å². The Labute approximate surface area is 304 Å². The highest BCUT2D eigenvalue weighted by molar-refractivity contribution is 8.76. The summed E-state index contributed by atoms with van der Waals surface area (Å²) in [5, 5.41) is 57.9. The molecule has 0 spiro atoms. The topological polar surface area (TPSA) is 247 Å². The Balaban J connectivity index is 1.38. The zero-order chi connectivity index (χ0) is 37.3. The summed E-state index contributed by atoms with van der Waals surface area (Å²) in [5.74, 6) is -2.59. The molecule has 4 heterocycles. The standard InChI is InChI=1S/C35H39N3O12S2/c1-16(2)22-13-38-33(45)35(46)30(47-15-52-51-14-23(22)18-9-10-37-12-18)27(41)29(32(43)44)50-34(35)48-20-7-8-21-24(11-20)49-28(31(36)42)25(26(21)40)17-3-5-19(39)6-4-17/h3-12,16,22-23,27,29-30,33-34,37-39,41,45-46H,13-15H2,1-2H3,(H2,36,42)(H,43,44). The van der Waals surface area contributed by atoms with Crippen molar-refractivity contribution in [3.63, 3.8) is 0 Å². The Kier molecular flexibility index (Phi) is 11.2. The average Bonchev–Trinajstić information content (AvgIpc) is 3.64. The molecule has 2 aliphatic heterocycles. The van der Waals surface area contributed by atoms with Gasteiger partial charge in [0.05, 0.1) is 10.9 Å². The van der Waals surface area contributed by atoms with E-state index in [-0.39, 0.29) is 63.8 Å². The molecular formula is C35H39N3O12S2. The van der Waals surface area contributed by atoms with E-state index in [0.717, 1.165) is 5.56 Å². The average molecular weight is 758 g/mol. The van der Waals surface area contributed by atoms with E-state index in [9.17, 15) is 39.9 Å². The Bertz CT molecular complexity index is 1960. The van der Waals surface area contributed by atoms with Crippen LogP contribution in [0.5, 0.6) is 11.5 Å². The first-order chi connectivity index (χ1) is 24.8. The number of primary amides is 1. The van der Waals surface area contributed by atoms with Gasteiger partial charge in [0.15, 0.2) is 11.7 Å². The van der Waals surface area contributed by atoms with E-state index >= 15 is 0 Å². The van der Waals surface area contributed by atoms with Gasteiger partial charge in [0.2, 0.25) is 17.5 Å². The number of carboxylic acids is 1. The molecule has 0 aliphatic carbocycles. The van der Waals surface area contributed by atoms with Crippen LogP contribution < -0.4 is 21.2 Å². The van der Waals surface area contributed by atoms with Crippen LogP contribution in [0.25, 0.3) is 22.1 Å². The van der Waals surface area contributed by atoms with Gasteiger partial charge in [0, 0.05) is 30.8 Å². The lowest BCUT2D eigenvalue weighted by Gasteiger charge is -2.50. The summed E-state index contributed by atoms with van der Waals surface area (Å²) in [4.78, 5) is 41.5. The minimum Gasteiger partial charge on any atom is -0.508 e. The number of phenols is 1. The third-order valence-electron chi connectivity index (χ3n) is 9.49. The number of amides is 1. The van der Waals surface area contributed by atoms with Crippen molar-refractivity contribution >= 4 is 44.4 Å². The number of phenolic OH excluding ortho intramolecular Hbond substituents is 1. The molecule has 2 saturated heterocycles. The molecule has 278 valence electrons. The van der Waals surface area contributed by atoms with Crippen LogP contribution in [-0.4, -0.2) is 97.1 Å². The predicted octanol–water partition coefficient (Wildman–Crippen LogP) is 2.57. The number of H-pyrrole nitrogens is 1. The van der Waals surface area contributed by atoms with Crippen LogP contribution >= 0.6 is 21.6 Å². The van der Waals surface area contributed by atoms with Gasteiger partial charge >= 0.3 is 5.97 Å². The smallest absolute Gasteiger partial charge is 0.335 e. The van der Waals surface area contributed by atoms with Crippen LogP contribution in [0.1, 0.15) is 35.9 Å². The first kappa shape index (κ1) is 37.7. The van der Waals surface area contributed by atoms with Crippen molar-refractivity contribution in [2.24, 2.45) is 17.6 Å². The summed E-state index contributed by atoms with van der Waals surface area (Å²) in [6.45, 7) is 4.30. The second-order valence-corrected chi connectivity index (χ2v) is 15.5. The number of ether oxygens (including phenoxy) is 3. The van der Waals surface area contributed by atoms with Crippen LogP contribution in [0, 0.1) is 11.8 Å². The molecule has 2 aliphatic rings. The van der Waals surface area contributed by atoms with Crippen molar-refractivity contribution in [1.82, 2.24) is 10.3 Å². The highest BCUT2D eigenvalue weighted by Crippen LogP contribution is 2.41. The van der Waals surface area contributed by atoms with E-state index in [1.54, 1.807) is 0 Å². The van der Waals surface area contributed by atoms with Gasteiger partial charge in [0.25, 0.3) is 5.91 Å². The number of hydrogen-bond donors (Lipinski definition) is 8. The van der Waals surface area contributed by atoms with Gasteiger partial charge in [-0.3, -0.25) is 14.9 Å². The van der Waals surface area contributed by atoms with Crippen molar-refractivity contribution < 1.29 is 53.7 Å². The quantitative estimate of drug-likeness (QED) is 0.126. The van der Waals surface area contributed by atoms with Gasteiger partial charge in [-0.05, 0) is 59.2 Å². The van der Waals surface area contributed by atoms with Crippen LogP contribution in [0.15, 0.2) is 70.1 Å². The second kappa shape index (κ2) is 15.5. The summed E-state index contributed by atoms with van der Waals surface area (Å²) >= 11 is 0. The molecule has 2 aromatic carbocycles. The summed E-state index contributed by atoms with van der Waals surface area (Å²) < 4.78 is 23.4. The largest absolute Gasteiger partial charge is 0.508 e. The molecule has 52 heavy (non-hydrogen) atoms. The van der Waals surface area contributed by atoms with E-state index in [1.165, 1.54) is 64.1 Å². The fraction of sp³-hybridized carbons (Fsp3) is 0.400. The number of carboxylic acid groups (broad SMARTS) is 1. The minimum absolute atomic E-state index is 0.0164. The number of aromatic nitrogens is 1. The fourth-order valence-electron chi connectivity index (χ4n) is 6.71. The van der Waals surface area contributed by atoms with Crippen molar-refractivity contribution in [1.29, 1.82) is 0 Å². The summed E-state index contributed by atoms with van der Waals surface area (Å²) in [6, 6.07) is 11.4. The molecule has 9 N–H and O–H groups in total. The first-order valence-corrected chi connectivity index (χ1v) is 18.9. The lowest BCUT2D eigenvalue weighted by Crippen LogP contribution is -2.75. The number of carbonyl (C=O) groups is 2. The zero-order valence-corrected chi connectivity index (χ0v) is 29.6. The van der Waals surface area contributed by atoms with Crippen molar-refractivity contribution in [3.05, 3.63) is 82.5 Å². The number of benzene rings is 2. The van der Waals surface area contributed by atoms with E-state index in [1.807, 2.05) is 18.5 Å². The lowest BCUT2D eigenvalue weighted by molar-refractivity contribution is -0.342. The molecule has 0 saturated carbocycles. The molecule has 4 aromatic rings. The zero-order valence-electron chi connectivity index (χ0n) is 28.0. The fourth-order valence-corrected chi connectivity index (χ4v) is 8.76. The maximum absolute atomic E-state index is 13.6. The molecule has 0 radical (unpaired) electrons. The molecule has 1 amide bonds. The molecule has 8 atom stereocenters. The SMILES string of the molecule is CC(C)C1CNC(O)C2(O)C(Oc3ccc4c(=O)c(-c5ccc(O)cc5)c(C(N)=O)oc4c3)OC(C(=O)O)C(O)C2OCSSCC1c1cc[nH]c1. The van der Waals surface area contributed by atoms with E-state index in [2.05, 4.69) is 24.1 Å². The Morgan fingerprint density at radius 1 is 1.10 bits per heavy atom. The number of carbonyl (C=O) groups excluding carboxylic acids is 1. The van der Waals surface area contributed by atoms with E-state index in [0.29, 0.717) is 5.75 Å². The van der Waals surface area contributed by atoms with Gasteiger partial charge in [-0.2, -0.15) is 0 Å². The Hall–Kier alpha value is -4.07. The first-order valence-electron chi connectivity index (χ1n) is 16.4. The van der Waals surface area contributed by atoms with Crippen molar-refractivity contribution in [2.75, 3.05) is 18.2 Å². The Morgan fingerprint density at radius 2 is 1.85 bits per heavy atom. The van der Waals surface area contributed by atoms with Gasteiger partial charge < -0.3 is 54.9 Å². The summed E-state index contributed by atoms with van der Waals surface area (Å²) in [6.07, 6.45) is -5.71. The third-order valence-corrected chi connectivity index (χ3v) is 11.6. The maximum Gasteiger partial charge on any atom is 0.335 e. The Morgan fingerprint density at radius 3 is 2.50 bits per heavy atom. The number of hydrogen-bond acceptors (Lipinski definition) is 14. The number of aliphatic hydroxyl groups excluding tert-OH is 2. The minimum atomic E-state index is -2.61. The number of fused-ring (bicyclic) bond motifs is 2. The van der Waals surface area contributed by atoms with Crippen molar-refractivity contribution in [3.8, 4) is 22.6 Å². The van der Waals surface area contributed by atoms with Crippen LogP contribution in [0.4, 0.5) is 0 Å². The summed E-state index contributed by atoms with van der Waals surface area (Å²) in [5.41, 5.74) is 3.42. The number of aliphatic carboxylic acids is 1. The maximum atomic E-state index is 13.6. The van der Waals surface area contributed by atoms with Crippen LogP contribution in [0.3, 0.4) is 0 Å². The van der Waals surface area contributed by atoms with Crippen molar-refractivity contribution in [2.45, 2.75) is 56.2 Å². The molecule has 2 fully saturated rings. The molecule has 2 aromatic heterocycles. The molecule has 15 nitrogen and oxygen atoms in total. The molecule has 8 unspecified atom stereocenters. The molecule has 6 rings (SSSR count). The predicted molar refractivity (Wildman–Crippen MR) is 192 cm³/mol. The third kappa shape index (κ3) is 7.27. The van der Waals surface area contributed by atoms with Gasteiger partial charge in [-0.15, -0.1) is 0 Å². The van der Waals surface area contributed by atoms with Gasteiger partial charge in [-0.25, -0.2) is 4.79 Å². The second-order valence-electron chi connectivity index (χ2n) is 13.0. The molecule has 0 bridgehead atoms. The lowest BCUT2D eigenvalue weighted by atomic mass is 9.80. The van der Waals surface area contributed by atoms with E-state index in [4.69, 9.17) is 24.4 Å². The highest BCUT2D eigenvalue weighted by Gasteiger charge is 2.63. The van der Waals surface area contributed by atoms with Crippen LogP contribution in [0.2, 0.25) is 0 Å². The van der Waals surface area contributed by atoms with Gasteiger partial charge in [0.1, 0.15) is 41.5 Å². The van der Waals surface area contributed by atoms with Crippen LogP contribution in [-0.2, 0) is 14.3 Å². The molecular weight excluding hydrogens is 719 g/mol. The summed E-state index contributed by atoms with van der Waals surface area (Å²) in [7, 11) is 2.82. The highest BCUT2D eigenvalue weighted by atomic mass is 33.1. The number of aliphatic hydroxyl groups is 3. The molecule has 17 heteroatoms. The monoisotopic (exact) mass is 757 g/mol. The number of rotatable bonds is 7. The number of aromatic hydroxyl groups is 1. The normalized spacial score (nSPS) is 28.8.